The summed E-state index contributed by atoms with van der Waals surface area (Å²) in [7, 11) is 0. The van der Waals surface area contributed by atoms with Gasteiger partial charge < -0.3 is 0 Å². The van der Waals surface area contributed by atoms with E-state index in [1.54, 1.807) is 0 Å². The van der Waals surface area contributed by atoms with Crippen LogP contribution in [0.3, 0.4) is 0 Å². The van der Waals surface area contributed by atoms with Crippen LogP contribution in [0.5, 0.6) is 0 Å². The predicted octanol–water partition coefficient (Wildman–Crippen LogP) is -1.20. The summed E-state index contributed by atoms with van der Waals surface area (Å²) in [4.78, 5) is 9.66. The van der Waals surface area contributed by atoms with Crippen molar-refractivity contribution in [3.63, 3.8) is 0 Å². The quantitative estimate of drug-likeness (QED) is 0.474. The van der Waals surface area contributed by atoms with Crippen LogP contribution in [-0.4, -0.2) is 50.5 Å². The Bertz CT molecular complexity index is 46.8. The Hall–Kier alpha value is 0.779. The molecule has 0 spiro atoms. The normalized spacial score (nSPS) is 7.00. The summed E-state index contributed by atoms with van der Waals surface area (Å²) in [6, 6.07) is 0. The second-order valence-corrected chi connectivity index (χ2v) is 1.22. The van der Waals surface area contributed by atoms with Crippen LogP contribution in [0.2, 0.25) is 0 Å². The van der Waals surface area contributed by atoms with E-state index in [2.05, 4.69) is 6.40 Å². The third-order valence-electron chi connectivity index (χ3n) is 0.122. The molecular formula is NO3Te2+. The molecule has 6 heteroatoms. The van der Waals surface area contributed by atoms with E-state index in [0.29, 0.717) is 0 Å². The zero-order valence-corrected chi connectivity index (χ0v) is 7.15. The van der Waals surface area contributed by atoms with Gasteiger partial charge in [0.25, 0.3) is 0 Å². The third-order valence-corrected chi connectivity index (χ3v) is 0.816. The Balaban J connectivity index is 2.99. The minimum atomic E-state index is 0.00889. The molecule has 0 aliphatic rings. The van der Waals surface area contributed by atoms with Gasteiger partial charge in [0, 0.05) is 0 Å². The van der Waals surface area contributed by atoms with Crippen LogP contribution in [-0.2, 0) is 6.40 Å². The Morgan fingerprint density at radius 1 is 1.33 bits per heavy atom. The summed E-state index contributed by atoms with van der Waals surface area (Å²) < 4.78 is 7.93. The van der Waals surface area contributed by atoms with Gasteiger partial charge in [-0.05, 0) is 0 Å². The summed E-state index contributed by atoms with van der Waals surface area (Å²) in [5, 5.41) is 0.00889. The summed E-state index contributed by atoms with van der Waals surface area (Å²) in [5.74, 6) is 0. The van der Waals surface area contributed by atoms with E-state index in [1.165, 1.54) is 0 Å². The summed E-state index contributed by atoms with van der Waals surface area (Å²) in [6.07, 6.45) is 0. The van der Waals surface area contributed by atoms with Crippen LogP contribution in [0.25, 0.3) is 0 Å². The van der Waals surface area contributed by atoms with Crippen molar-refractivity contribution in [1.82, 2.24) is 0 Å². The maximum atomic E-state index is 9.66. The first-order valence-electron chi connectivity index (χ1n) is 0.881. The molecule has 0 aliphatic heterocycles. The molecule has 0 rings (SSSR count). The van der Waals surface area contributed by atoms with Crippen molar-refractivity contribution in [2.24, 2.45) is 0 Å². The molecule has 34 valence electrons. The fourth-order valence-electron chi connectivity index (χ4n) is 0.0124. The molecule has 0 heterocycles. The van der Waals surface area contributed by atoms with Gasteiger partial charge in [0.1, 0.15) is 0 Å². The van der Waals surface area contributed by atoms with Crippen molar-refractivity contribution in [3.8, 4) is 0 Å². The zero-order valence-electron chi connectivity index (χ0n) is 2.49. The molecule has 0 saturated carbocycles. The van der Waals surface area contributed by atoms with Gasteiger partial charge in [-0.2, -0.15) is 0 Å². The Morgan fingerprint density at radius 3 is 1.67 bits per heavy atom. The van der Waals surface area contributed by atoms with E-state index >= 15 is 0 Å². The molecule has 0 amide bonds. The summed E-state index contributed by atoms with van der Waals surface area (Å²) in [6.45, 7) is 0. The number of hydrogen-bond acceptors (Lipinski definition) is 3. The molecule has 0 aliphatic carbocycles. The van der Waals surface area contributed by atoms with E-state index in [0.717, 1.165) is 45.4 Å². The Labute approximate surface area is 61.5 Å². The van der Waals surface area contributed by atoms with E-state index in [1.807, 2.05) is 0 Å². The summed E-state index contributed by atoms with van der Waals surface area (Å²) in [5.41, 5.74) is 0. The fourth-order valence-corrected chi connectivity index (χ4v) is 0.559. The topological polar surface area (TPSA) is 38.5 Å². The van der Waals surface area contributed by atoms with Crippen molar-refractivity contribution < 1.29 is 11.5 Å². The third kappa shape index (κ3) is 2.99. The molecule has 0 fully saturated rings. The monoisotopic (exact) mass is 322 g/mol. The SMILES string of the molecule is O=[N+](O[Te])O[Te]. The first kappa shape index (κ1) is 6.78. The van der Waals surface area contributed by atoms with Crippen molar-refractivity contribution in [2.75, 3.05) is 0 Å². The molecule has 2 radical (unpaired) electrons. The van der Waals surface area contributed by atoms with Gasteiger partial charge in [-0.1, -0.05) is 0 Å². The second-order valence-electron chi connectivity index (χ2n) is 0.373. The zero-order chi connectivity index (χ0) is 4.99. The maximum absolute atomic E-state index is 9.66. The number of rotatable bonds is 2. The van der Waals surface area contributed by atoms with Gasteiger partial charge in [-0.3, -0.25) is 0 Å². The van der Waals surface area contributed by atoms with Gasteiger partial charge in [0.2, 0.25) is 0 Å². The van der Waals surface area contributed by atoms with E-state index in [4.69, 9.17) is 0 Å². The summed E-state index contributed by atoms with van der Waals surface area (Å²) >= 11 is 2.32. The van der Waals surface area contributed by atoms with Crippen LogP contribution in [0.4, 0.5) is 0 Å². The Morgan fingerprint density at radius 2 is 1.67 bits per heavy atom. The van der Waals surface area contributed by atoms with E-state index in [9.17, 15) is 4.91 Å². The van der Waals surface area contributed by atoms with Crippen molar-refractivity contribution >= 4 is 45.4 Å². The number of hydrogen-bond donors (Lipinski definition) is 0. The molecule has 0 bridgehead atoms. The first-order valence-corrected chi connectivity index (χ1v) is 2.78. The molecule has 0 atom stereocenters. The van der Waals surface area contributed by atoms with Crippen molar-refractivity contribution in [1.29, 1.82) is 0 Å². The molecule has 0 aromatic rings. The van der Waals surface area contributed by atoms with Crippen LogP contribution >= 0.6 is 0 Å². The van der Waals surface area contributed by atoms with Crippen LogP contribution in [0.1, 0.15) is 0 Å². The molecule has 0 aromatic carbocycles. The predicted molar refractivity (Wildman–Crippen MR) is 17.3 cm³/mol. The number of nitrogens with zero attached hydrogens (tertiary/aromatic N) is 1. The standard InChI is InChI=1S/NO3Te2/c2-1(3-5)4-6/q+1. The molecule has 0 N–H and O–H groups in total. The molecule has 4 nitrogen and oxygen atoms in total. The van der Waals surface area contributed by atoms with E-state index in [-0.39, 0.29) is 5.09 Å². The molecule has 0 aromatic heterocycles. The van der Waals surface area contributed by atoms with Gasteiger partial charge in [-0.25, -0.2) is 0 Å². The molecule has 0 saturated heterocycles. The second kappa shape index (κ2) is 3.95. The average Bonchev–Trinajstić information content (AvgIpc) is 1.65. The average molecular weight is 317 g/mol. The van der Waals surface area contributed by atoms with Crippen LogP contribution < -0.4 is 0 Å². The Kier molecular flexibility index (Phi) is 4.47. The van der Waals surface area contributed by atoms with Gasteiger partial charge in [0.15, 0.2) is 0 Å². The molecule has 6 heavy (non-hydrogen) atoms. The minimum absolute atomic E-state index is 0.00889. The van der Waals surface area contributed by atoms with Crippen LogP contribution in [0.15, 0.2) is 0 Å². The van der Waals surface area contributed by atoms with Crippen molar-refractivity contribution in [3.05, 3.63) is 4.91 Å². The van der Waals surface area contributed by atoms with Gasteiger partial charge >= 0.3 is 61.8 Å². The van der Waals surface area contributed by atoms with E-state index < -0.39 is 0 Å². The molecule has 0 unspecified atom stereocenters. The molecular weight excluding hydrogens is 317 g/mol. The fraction of sp³-hybridized carbons (Fsp3) is 0. The van der Waals surface area contributed by atoms with Crippen LogP contribution in [0, 0.1) is 4.91 Å². The van der Waals surface area contributed by atoms with Crippen molar-refractivity contribution in [2.45, 2.75) is 0 Å². The van der Waals surface area contributed by atoms with Gasteiger partial charge in [0.05, 0.1) is 0 Å². The first-order chi connectivity index (χ1) is 2.81. The van der Waals surface area contributed by atoms with Gasteiger partial charge in [-0.15, -0.1) is 0 Å².